The molecule has 0 spiro atoms. The fraction of sp³-hybridized carbons (Fsp3) is 0.375. The molecule has 3 aromatic rings. The van der Waals surface area contributed by atoms with Gasteiger partial charge in [-0.2, -0.15) is 0 Å². The summed E-state index contributed by atoms with van der Waals surface area (Å²) < 4.78 is 20.1. The third-order valence-corrected chi connectivity index (χ3v) is 6.07. The fourth-order valence-corrected chi connectivity index (χ4v) is 4.43. The van der Waals surface area contributed by atoms with Gasteiger partial charge in [-0.05, 0) is 42.5 Å². The highest BCUT2D eigenvalue weighted by Crippen LogP contribution is 2.31. The summed E-state index contributed by atoms with van der Waals surface area (Å²) in [5, 5.41) is 1.28. The van der Waals surface area contributed by atoms with Gasteiger partial charge < -0.3 is 18.8 Å². The third-order valence-electron chi connectivity index (χ3n) is 5.49. The fourth-order valence-electron chi connectivity index (χ4n) is 3.96. The van der Waals surface area contributed by atoms with Crippen molar-refractivity contribution < 1.29 is 14.2 Å². The number of imidazole rings is 1. The largest absolute Gasteiger partial charge is 0.496 e. The second-order valence-corrected chi connectivity index (χ2v) is 8.55. The van der Waals surface area contributed by atoms with Gasteiger partial charge in [0, 0.05) is 41.0 Å². The van der Waals surface area contributed by atoms with Gasteiger partial charge in [-0.25, -0.2) is 4.98 Å². The molecule has 164 valence electrons. The van der Waals surface area contributed by atoms with E-state index >= 15 is 0 Å². The van der Waals surface area contributed by atoms with Crippen molar-refractivity contribution >= 4 is 23.2 Å². The van der Waals surface area contributed by atoms with E-state index in [4.69, 9.17) is 37.4 Å². The van der Waals surface area contributed by atoms with Crippen LogP contribution in [0.2, 0.25) is 10.0 Å². The first-order chi connectivity index (χ1) is 15.1. The van der Waals surface area contributed by atoms with Crippen LogP contribution in [0.1, 0.15) is 36.0 Å². The molecule has 1 fully saturated rings. The average molecular weight is 461 g/mol. The number of rotatable bonds is 8. The van der Waals surface area contributed by atoms with Crippen molar-refractivity contribution in [2.75, 3.05) is 7.11 Å². The molecule has 7 heteroatoms. The maximum Gasteiger partial charge on any atom is 0.158 e. The summed E-state index contributed by atoms with van der Waals surface area (Å²) in [6.07, 6.45) is 9.12. The quantitative estimate of drug-likeness (QED) is 0.419. The van der Waals surface area contributed by atoms with E-state index < -0.39 is 0 Å². The summed E-state index contributed by atoms with van der Waals surface area (Å²) in [4.78, 5) is 4.10. The van der Waals surface area contributed by atoms with Crippen LogP contribution in [-0.4, -0.2) is 29.1 Å². The Morgan fingerprint density at radius 3 is 2.77 bits per heavy atom. The number of benzene rings is 2. The summed E-state index contributed by atoms with van der Waals surface area (Å²) in [6, 6.07) is 11.7. The Bertz CT molecular complexity index is 994. The van der Waals surface area contributed by atoms with Crippen LogP contribution in [0, 0.1) is 0 Å². The Morgan fingerprint density at radius 1 is 1.13 bits per heavy atom. The molecule has 2 unspecified atom stereocenters. The zero-order valence-corrected chi connectivity index (χ0v) is 19.0. The molecular weight excluding hydrogens is 435 g/mol. The van der Waals surface area contributed by atoms with Crippen LogP contribution >= 0.6 is 23.2 Å². The molecular formula is C24H26Cl2N2O3. The summed E-state index contributed by atoms with van der Waals surface area (Å²) in [7, 11) is 1.68. The van der Waals surface area contributed by atoms with E-state index in [1.54, 1.807) is 19.4 Å². The second-order valence-electron chi connectivity index (χ2n) is 7.71. The summed E-state index contributed by atoms with van der Waals surface area (Å²) in [5.41, 5.74) is 3.04. The van der Waals surface area contributed by atoms with Crippen LogP contribution in [0.3, 0.4) is 0 Å². The van der Waals surface area contributed by atoms with Crippen LogP contribution in [0.25, 0.3) is 0 Å². The molecule has 1 aliphatic heterocycles. The summed E-state index contributed by atoms with van der Waals surface area (Å²) >= 11 is 12.4. The Balaban J connectivity index is 1.40. The predicted molar refractivity (Wildman–Crippen MR) is 122 cm³/mol. The number of hydrogen-bond acceptors (Lipinski definition) is 4. The minimum absolute atomic E-state index is 0.133. The number of methoxy groups -OCH3 is 1. The third kappa shape index (κ3) is 5.80. The van der Waals surface area contributed by atoms with Gasteiger partial charge in [-0.1, -0.05) is 47.5 Å². The number of nitrogens with zero attached hydrogens (tertiary/aromatic N) is 2. The van der Waals surface area contributed by atoms with Gasteiger partial charge in [-0.3, -0.25) is 0 Å². The lowest BCUT2D eigenvalue weighted by atomic mass is 10.0. The number of para-hydroxylation sites is 1. The van der Waals surface area contributed by atoms with E-state index in [-0.39, 0.29) is 12.4 Å². The van der Waals surface area contributed by atoms with Gasteiger partial charge in [0.2, 0.25) is 0 Å². The van der Waals surface area contributed by atoms with Gasteiger partial charge in [-0.15, -0.1) is 0 Å². The van der Waals surface area contributed by atoms with Crippen LogP contribution in [0.5, 0.6) is 5.75 Å². The standard InChI is InChI=1S/C24H26Cl2N2O3/c1-29-24-18(12-17-8-9-20(25)13-22(17)26)4-2-5-19(24)15-30-23-7-3-6-21(31-23)14-28-11-10-27-16-28/h2,4-5,8-11,13,16,21,23H,3,6-7,12,14-15H2,1H3. The van der Waals surface area contributed by atoms with E-state index in [1.807, 2.05) is 47.4 Å². The van der Waals surface area contributed by atoms with Gasteiger partial charge in [0.1, 0.15) is 5.75 Å². The first-order valence-electron chi connectivity index (χ1n) is 10.4. The molecule has 0 bridgehead atoms. The SMILES string of the molecule is COc1c(COC2CCCC(Cn3ccnc3)O2)cccc1Cc1ccc(Cl)cc1Cl. The van der Waals surface area contributed by atoms with Gasteiger partial charge in [0.25, 0.3) is 0 Å². The molecule has 1 saturated heterocycles. The lowest BCUT2D eigenvalue weighted by molar-refractivity contribution is -0.202. The minimum Gasteiger partial charge on any atom is -0.496 e. The lowest BCUT2D eigenvalue weighted by Gasteiger charge is -2.30. The number of aromatic nitrogens is 2. The molecule has 0 radical (unpaired) electrons. The van der Waals surface area contributed by atoms with E-state index in [1.165, 1.54) is 0 Å². The van der Waals surface area contributed by atoms with Crippen molar-refractivity contribution in [1.29, 1.82) is 0 Å². The Hall–Kier alpha value is -2.05. The highest BCUT2D eigenvalue weighted by atomic mass is 35.5. The first kappa shape index (κ1) is 22.2. The predicted octanol–water partition coefficient (Wildman–Crippen LogP) is 5.90. The molecule has 0 aliphatic carbocycles. The van der Waals surface area contributed by atoms with E-state index in [0.717, 1.165) is 48.2 Å². The lowest BCUT2D eigenvalue weighted by Crippen LogP contribution is -2.32. The smallest absolute Gasteiger partial charge is 0.158 e. The molecule has 0 saturated carbocycles. The van der Waals surface area contributed by atoms with Gasteiger partial charge in [0.05, 0.1) is 26.1 Å². The van der Waals surface area contributed by atoms with Crippen molar-refractivity contribution in [3.05, 3.63) is 81.9 Å². The van der Waals surface area contributed by atoms with Crippen molar-refractivity contribution in [2.24, 2.45) is 0 Å². The van der Waals surface area contributed by atoms with E-state index in [9.17, 15) is 0 Å². The maximum atomic E-state index is 6.37. The minimum atomic E-state index is -0.221. The van der Waals surface area contributed by atoms with Crippen molar-refractivity contribution in [1.82, 2.24) is 9.55 Å². The molecule has 2 atom stereocenters. The average Bonchev–Trinajstić information content (AvgIpc) is 3.27. The topological polar surface area (TPSA) is 45.5 Å². The van der Waals surface area contributed by atoms with Crippen molar-refractivity contribution in [3.8, 4) is 5.75 Å². The van der Waals surface area contributed by atoms with Gasteiger partial charge in [0.15, 0.2) is 6.29 Å². The summed E-state index contributed by atoms with van der Waals surface area (Å²) in [6.45, 7) is 1.22. The monoisotopic (exact) mass is 460 g/mol. The van der Waals surface area contributed by atoms with Crippen molar-refractivity contribution in [3.63, 3.8) is 0 Å². The van der Waals surface area contributed by atoms with Crippen LogP contribution in [-0.2, 0) is 29.0 Å². The normalized spacial score (nSPS) is 18.8. The zero-order chi connectivity index (χ0) is 21.6. The highest BCUT2D eigenvalue weighted by molar-refractivity contribution is 6.35. The van der Waals surface area contributed by atoms with E-state index in [2.05, 4.69) is 4.98 Å². The highest BCUT2D eigenvalue weighted by Gasteiger charge is 2.24. The number of ether oxygens (including phenoxy) is 3. The Morgan fingerprint density at radius 2 is 2.00 bits per heavy atom. The molecule has 0 amide bonds. The molecule has 1 aliphatic rings. The molecule has 5 nitrogen and oxygen atoms in total. The van der Waals surface area contributed by atoms with Crippen LogP contribution in [0.4, 0.5) is 0 Å². The summed E-state index contributed by atoms with van der Waals surface area (Å²) in [5.74, 6) is 0.819. The molecule has 2 heterocycles. The molecule has 4 rings (SSSR count). The zero-order valence-electron chi connectivity index (χ0n) is 17.5. The Labute approximate surface area is 192 Å². The van der Waals surface area contributed by atoms with Crippen LogP contribution < -0.4 is 4.74 Å². The van der Waals surface area contributed by atoms with Crippen molar-refractivity contribution in [2.45, 2.75) is 51.2 Å². The number of halogens is 2. The molecule has 1 aromatic heterocycles. The maximum absolute atomic E-state index is 6.37. The molecule has 2 aromatic carbocycles. The van der Waals surface area contributed by atoms with Gasteiger partial charge >= 0.3 is 0 Å². The molecule has 0 N–H and O–H groups in total. The van der Waals surface area contributed by atoms with E-state index in [0.29, 0.717) is 23.1 Å². The first-order valence-corrected chi connectivity index (χ1v) is 11.2. The second kappa shape index (κ2) is 10.5. The Kier molecular flexibility index (Phi) is 7.51. The molecule has 31 heavy (non-hydrogen) atoms. The number of hydrogen-bond donors (Lipinski definition) is 0. The van der Waals surface area contributed by atoms with Crippen LogP contribution in [0.15, 0.2) is 55.1 Å².